The molecule has 5 nitrogen and oxygen atoms in total. The lowest BCUT2D eigenvalue weighted by Crippen LogP contribution is -2.32. The number of anilines is 1. The van der Waals surface area contributed by atoms with Crippen molar-refractivity contribution < 1.29 is 9.53 Å². The van der Waals surface area contributed by atoms with Gasteiger partial charge in [0.05, 0.1) is 0 Å². The minimum absolute atomic E-state index is 0.293. The van der Waals surface area contributed by atoms with Crippen LogP contribution < -0.4 is 11.1 Å². The van der Waals surface area contributed by atoms with Gasteiger partial charge in [0, 0.05) is 6.54 Å². The quantitative estimate of drug-likeness (QED) is 0.798. The van der Waals surface area contributed by atoms with Gasteiger partial charge in [0.15, 0.2) is 0 Å². The van der Waals surface area contributed by atoms with Crippen molar-refractivity contribution in [2.75, 3.05) is 5.73 Å². The first-order valence-corrected chi connectivity index (χ1v) is 5.53. The summed E-state index contributed by atoms with van der Waals surface area (Å²) in [7, 11) is 0. The molecule has 0 bridgehead atoms. The molecule has 17 heavy (non-hydrogen) atoms. The average Bonchev–Trinajstić information content (AvgIpc) is 2.10. The van der Waals surface area contributed by atoms with Crippen molar-refractivity contribution in [2.45, 2.75) is 32.9 Å². The van der Waals surface area contributed by atoms with Crippen LogP contribution in [0.25, 0.3) is 0 Å². The predicted octanol–water partition coefficient (Wildman–Crippen LogP) is 2.34. The van der Waals surface area contributed by atoms with Gasteiger partial charge >= 0.3 is 6.09 Å². The third kappa shape index (κ3) is 5.40. The van der Waals surface area contributed by atoms with E-state index in [0.29, 0.717) is 17.5 Å². The Morgan fingerprint density at radius 3 is 2.71 bits per heavy atom. The average molecular weight is 258 g/mol. The number of hydrogen-bond donors (Lipinski definition) is 2. The van der Waals surface area contributed by atoms with Crippen molar-refractivity contribution in [2.24, 2.45) is 0 Å². The molecular weight excluding hydrogens is 242 g/mol. The smallest absolute Gasteiger partial charge is 0.407 e. The van der Waals surface area contributed by atoms with Gasteiger partial charge in [-0.15, -0.1) is 0 Å². The van der Waals surface area contributed by atoms with Gasteiger partial charge < -0.3 is 15.8 Å². The second kappa shape index (κ2) is 5.23. The van der Waals surface area contributed by atoms with E-state index in [9.17, 15) is 4.79 Å². The SMILES string of the molecule is CC(C)(C)OC(=O)NCc1cc(N)nc(Cl)c1. The van der Waals surface area contributed by atoms with Crippen molar-refractivity contribution in [3.05, 3.63) is 22.8 Å². The maximum Gasteiger partial charge on any atom is 0.407 e. The van der Waals surface area contributed by atoms with E-state index in [-0.39, 0.29) is 0 Å². The van der Waals surface area contributed by atoms with Crippen LogP contribution in [0.4, 0.5) is 10.6 Å². The number of carbonyl (C=O) groups excluding carboxylic acids is 1. The van der Waals surface area contributed by atoms with E-state index in [0.717, 1.165) is 5.56 Å². The third-order valence-electron chi connectivity index (χ3n) is 1.71. The van der Waals surface area contributed by atoms with Crippen molar-refractivity contribution in [3.63, 3.8) is 0 Å². The Hall–Kier alpha value is -1.49. The van der Waals surface area contributed by atoms with E-state index in [1.807, 2.05) is 0 Å². The van der Waals surface area contributed by atoms with Crippen molar-refractivity contribution in [3.8, 4) is 0 Å². The van der Waals surface area contributed by atoms with Crippen LogP contribution in [0, 0.1) is 0 Å². The number of pyridine rings is 1. The van der Waals surface area contributed by atoms with Crippen molar-refractivity contribution in [1.82, 2.24) is 10.3 Å². The van der Waals surface area contributed by atoms with E-state index in [2.05, 4.69) is 10.3 Å². The molecule has 0 spiro atoms. The monoisotopic (exact) mass is 257 g/mol. The van der Waals surface area contributed by atoms with Gasteiger partial charge in [-0.2, -0.15) is 0 Å². The Balaban J connectivity index is 2.53. The van der Waals surface area contributed by atoms with E-state index >= 15 is 0 Å². The Labute approximate surface area is 105 Å². The summed E-state index contributed by atoms with van der Waals surface area (Å²) in [6, 6.07) is 3.28. The number of amides is 1. The predicted molar refractivity (Wildman–Crippen MR) is 66.7 cm³/mol. The third-order valence-corrected chi connectivity index (χ3v) is 1.90. The molecule has 0 aliphatic heterocycles. The van der Waals surface area contributed by atoms with Crippen LogP contribution >= 0.6 is 11.6 Å². The summed E-state index contributed by atoms with van der Waals surface area (Å²) in [6.45, 7) is 5.69. The molecule has 0 radical (unpaired) electrons. The standard InChI is InChI=1S/C11H16ClN3O2/c1-11(2,3)17-10(16)14-6-7-4-8(12)15-9(13)5-7/h4-5H,6H2,1-3H3,(H2,13,15)(H,14,16). The van der Waals surface area contributed by atoms with Crippen LogP contribution in [0.3, 0.4) is 0 Å². The summed E-state index contributed by atoms with van der Waals surface area (Å²) >= 11 is 5.74. The molecule has 0 aliphatic carbocycles. The summed E-state index contributed by atoms with van der Waals surface area (Å²) in [4.78, 5) is 15.2. The van der Waals surface area contributed by atoms with Gasteiger partial charge in [0.2, 0.25) is 0 Å². The molecule has 3 N–H and O–H groups in total. The van der Waals surface area contributed by atoms with Crippen LogP contribution in [-0.2, 0) is 11.3 Å². The lowest BCUT2D eigenvalue weighted by molar-refractivity contribution is 0.0523. The van der Waals surface area contributed by atoms with Crippen LogP contribution in [0.2, 0.25) is 5.15 Å². The highest BCUT2D eigenvalue weighted by Crippen LogP contribution is 2.12. The maximum absolute atomic E-state index is 11.4. The summed E-state index contributed by atoms with van der Waals surface area (Å²) in [6.07, 6.45) is -0.482. The molecule has 0 fully saturated rings. The lowest BCUT2D eigenvalue weighted by atomic mass is 10.2. The molecule has 1 rings (SSSR count). The first kappa shape index (κ1) is 13.6. The van der Waals surface area contributed by atoms with Crippen LogP contribution in [0.15, 0.2) is 12.1 Å². The van der Waals surface area contributed by atoms with Crippen LogP contribution in [-0.4, -0.2) is 16.7 Å². The van der Waals surface area contributed by atoms with Crippen LogP contribution in [0.1, 0.15) is 26.3 Å². The number of carbonyl (C=O) groups is 1. The largest absolute Gasteiger partial charge is 0.444 e. The first-order valence-electron chi connectivity index (χ1n) is 5.15. The number of halogens is 1. The zero-order chi connectivity index (χ0) is 13.1. The number of alkyl carbamates (subject to hydrolysis) is 1. The fourth-order valence-electron chi connectivity index (χ4n) is 1.16. The Kier molecular flexibility index (Phi) is 4.17. The second-order valence-corrected chi connectivity index (χ2v) is 4.97. The lowest BCUT2D eigenvalue weighted by Gasteiger charge is -2.19. The number of rotatable bonds is 2. The summed E-state index contributed by atoms with van der Waals surface area (Å²) < 4.78 is 5.09. The van der Waals surface area contributed by atoms with Gasteiger partial charge in [-0.3, -0.25) is 0 Å². The number of nitrogens with zero attached hydrogens (tertiary/aromatic N) is 1. The summed E-state index contributed by atoms with van der Waals surface area (Å²) in [5, 5.41) is 2.90. The molecule has 1 amide bonds. The molecule has 0 aromatic carbocycles. The minimum atomic E-state index is -0.515. The van der Waals surface area contributed by atoms with Gasteiger partial charge in [-0.1, -0.05) is 11.6 Å². The van der Waals surface area contributed by atoms with Crippen molar-refractivity contribution >= 4 is 23.5 Å². The molecule has 0 unspecified atom stereocenters. The molecular formula is C11H16ClN3O2. The molecule has 1 aromatic rings. The van der Waals surface area contributed by atoms with Gasteiger partial charge in [-0.05, 0) is 38.5 Å². The fourth-order valence-corrected chi connectivity index (χ4v) is 1.40. The second-order valence-electron chi connectivity index (χ2n) is 4.58. The van der Waals surface area contributed by atoms with E-state index in [1.165, 1.54) is 0 Å². The molecule has 0 atom stereocenters. The number of nitrogens with two attached hydrogens (primary N) is 1. The Bertz CT molecular complexity index is 395. The number of aromatic nitrogens is 1. The fraction of sp³-hybridized carbons (Fsp3) is 0.455. The van der Waals surface area contributed by atoms with E-state index in [1.54, 1.807) is 32.9 Å². The first-order chi connectivity index (χ1) is 7.76. The number of hydrogen-bond acceptors (Lipinski definition) is 4. The summed E-state index contributed by atoms with van der Waals surface area (Å²) in [5.74, 6) is 0.318. The number of nitrogens with one attached hydrogen (secondary N) is 1. The van der Waals surface area contributed by atoms with Gasteiger partial charge in [0.1, 0.15) is 16.6 Å². The van der Waals surface area contributed by atoms with Crippen LogP contribution in [0.5, 0.6) is 0 Å². The number of nitrogen functional groups attached to an aromatic ring is 1. The zero-order valence-corrected chi connectivity index (χ0v) is 10.8. The Morgan fingerprint density at radius 1 is 1.53 bits per heavy atom. The molecule has 94 valence electrons. The number of ether oxygens (including phenoxy) is 1. The highest BCUT2D eigenvalue weighted by molar-refractivity contribution is 6.29. The normalized spacial score (nSPS) is 11.1. The zero-order valence-electron chi connectivity index (χ0n) is 10.1. The highest BCUT2D eigenvalue weighted by atomic mass is 35.5. The molecule has 6 heteroatoms. The minimum Gasteiger partial charge on any atom is -0.444 e. The summed E-state index contributed by atoms with van der Waals surface area (Å²) in [5.41, 5.74) is 5.78. The van der Waals surface area contributed by atoms with Crippen molar-refractivity contribution in [1.29, 1.82) is 0 Å². The van der Waals surface area contributed by atoms with E-state index in [4.69, 9.17) is 22.1 Å². The molecule has 0 saturated heterocycles. The molecule has 1 aromatic heterocycles. The van der Waals surface area contributed by atoms with Gasteiger partial charge in [0.25, 0.3) is 0 Å². The van der Waals surface area contributed by atoms with E-state index < -0.39 is 11.7 Å². The molecule has 0 aliphatic rings. The molecule has 1 heterocycles. The topological polar surface area (TPSA) is 77.2 Å². The molecule has 0 saturated carbocycles. The Morgan fingerprint density at radius 2 is 2.18 bits per heavy atom. The maximum atomic E-state index is 11.4. The highest BCUT2D eigenvalue weighted by Gasteiger charge is 2.15. The van der Waals surface area contributed by atoms with Gasteiger partial charge in [-0.25, -0.2) is 9.78 Å².